The molecule has 2 atom stereocenters. The molecule has 0 spiro atoms. The van der Waals surface area contributed by atoms with E-state index in [0.29, 0.717) is 32.1 Å². The lowest BCUT2D eigenvalue weighted by atomic mass is 9.47. The van der Waals surface area contributed by atoms with Crippen molar-refractivity contribution in [2.45, 2.75) is 37.7 Å². The van der Waals surface area contributed by atoms with Gasteiger partial charge in [-0.05, 0) is 32.1 Å². The molecule has 4 aliphatic rings. The minimum Gasteiger partial charge on any atom is -0.481 e. The van der Waals surface area contributed by atoms with Crippen LogP contribution in [-0.4, -0.2) is 27.6 Å². The second-order valence-corrected chi connectivity index (χ2v) is 5.60. The first-order valence-electron chi connectivity index (χ1n) is 5.44. The van der Waals surface area contributed by atoms with Gasteiger partial charge in [-0.25, -0.2) is 0 Å². The summed E-state index contributed by atoms with van der Waals surface area (Å²) in [4.78, 5) is 23.1. The highest BCUT2D eigenvalue weighted by Gasteiger charge is 2.63. The fraction of sp³-hybridized carbons (Fsp3) is 0.818. The van der Waals surface area contributed by atoms with Crippen molar-refractivity contribution in [2.75, 3.05) is 0 Å². The number of carboxylic acid groups (broad SMARTS) is 1. The van der Waals surface area contributed by atoms with Crippen LogP contribution >= 0.6 is 0 Å². The molecule has 82 valence electrons. The molecule has 2 N–H and O–H groups in total. The maximum absolute atomic E-state index is 11.8. The Labute approximate surface area is 87.3 Å². The van der Waals surface area contributed by atoms with Crippen LogP contribution in [0.2, 0.25) is 0 Å². The normalized spacial score (nSPS) is 52.2. The van der Waals surface area contributed by atoms with E-state index in [2.05, 4.69) is 0 Å². The molecule has 4 bridgehead atoms. The Bertz CT molecular complexity index is 342. The third-order valence-corrected chi connectivity index (χ3v) is 4.45. The maximum Gasteiger partial charge on any atom is 0.309 e. The van der Waals surface area contributed by atoms with Crippen molar-refractivity contribution in [3.63, 3.8) is 0 Å². The van der Waals surface area contributed by atoms with Crippen molar-refractivity contribution in [3.8, 4) is 0 Å². The number of aliphatic hydroxyl groups is 1. The summed E-state index contributed by atoms with van der Waals surface area (Å²) in [5.74, 6) is -1.04. The van der Waals surface area contributed by atoms with Gasteiger partial charge < -0.3 is 10.2 Å². The Balaban J connectivity index is 2.05. The summed E-state index contributed by atoms with van der Waals surface area (Å²) in [5.41, 5.74) is -1.69. The number of rotatable bonds is 1. The van der Waals surface area contributed by atoms with Gasteiger partial charge in [-0.2, -0.15) is 0 Å². The molecule has 0 radical (unpaired) electrons. The summed E-state index contributed by atoms with van der Waals surface area (Å²) >= 11 is 0. The molecule has 15 heavy (non-hydrogen) atoms. The Kier molecular flexibility index (Phi) is 1.51. The lowest BCUT2D eigenvalue weighted by Gasteiger charge is -2.57. The van der Waals surface area contributed by atoms with Crippen molar-refractivity contribution in [2.24, 2.45) is 17.3 Å². The standard InChI is InChI=1S/C11H14O4/c12-8-6-1-10(9(13)14)2-7(8)4-11(15,3-6)5-10/h6-7,15H,1-5H2,(H,13,14). The zero-order valence-electron chi connectivity index (χ0n) is 8.40. The Morgan fingerprint density at radius 3 is 2.20 bits per heavy atom. The smallest absolute Gasteiger partial charge is 0.309 e. The van der Waals surface area contributed by atoms with Crippen LogP contribution < -0.4 is 0 Å². The van der Waals surface area contributed by atoms with Crippen LogP contribution in [0.1, 0.15) is 32.1 Å². The number of carbonyl (C=O) groups excluding carboxylic acids is 1. The second kappa shape index (κ2) is 2.43. The number of carboxylic acids is 1. The molecule has 4 saturated carbocycles. The average Bonchev–Trinajstić information content (AvgIpc) is 2.11. The lowest BCUT2D eigenvalue weighted by molar-refractivity contribution is -0.192. The Hall–Kier alpha value is -0.900. The van der Waals surface area contributed by atoms with Crippen LogP contribution in [0.15, 0.2) is 0 Å². The van der Waals surface area contributed by atoms with E-state index in [9.17, 15) is 19.8 Å². The molecule has 4 fully saturated rings. The van der Waals surface area contributed by atoms with Crippen molar-refractivity contribution in [1.29, 1.82) is 0 Å². The molecule has 4 aliphatic carbocycles. The number of hydrogen-bond donors (Lipinski definition) is 2. The van der Waals surface area contributed by atoms with Crippen LogP contribution in [0.5, 0.6) is 0 Å². The maximum atomic E-state index is 11.8. The van der Waals surface area contributed by atoms with Gasteiger partial charge in [-0.3, -0.25) is 9.59 Å². The van der Waals surface area contributed by atoms with Gasteiger partial charge >= 0.3 is 5.97 Å². The van der Waals surface area contributed by atoms with Gasteiger partial charge in [0.05, 0.1) is 11.0 Å². The predicted molar refractivity (Wildman–Crippen MR) is 50.1 cm³/mol. The van der Waals surface area contributed by atoms with Crippen LogP contribution in [0.3, 0.4) is 0 Å². The average molecular weight is 210 g/mol. The number of Topliss-reactive ketones (excluding diaryl/α,β-unsaturated/α-hetero) is 1. The van der Waals surface area contributed by atoms with Gasteiger partial charge in [0.2, 0.25) is 0 Å². The number of ketones is 1. The van der Waals surface area contributed by atoms with Crippen LogP contribution in [-0.2, 0) is 9.59 Å². The number of carbonyl (C=O) groups is 2. The van der Waals surface area contributed by atoms with Crippen LogP contribution in [0.25, 0.3) is 0 Å². The second-order valence-electron chi connectivity index (χ2n) is 5.60. The molecule has 0 amide bonds. The van der Waals surface area contributed by atoms with E-state index in [-0.39, 0.29) is 17.6 Å². The topological polar surface area (TPSA) is 74.6 Å². The van der Waals surface area contributed by atoms with Gasteiger partial charge in [-0.15, -0.1) is 0 Å². The summed E-state index contributed by atoms with van der Waals surface area (Å²) in [6.45, 7) is 0. The SMILES string of the molecule is O=C1C2CC3(O)CC1CC(C(=O)O)(C2)C3. The Morgan fingerprint density at radius 1 is 1.20 bits per heavy atom. The molecule has 0 saturated heterocycles. The minimum atomic E-state index is -0.877. The summed E-state index contributed by atoms with van der Waals surface area (Å²) < 4.78 is 0. The third kappa shape index (κ3) is 1.06. The van der Waals surface area contributed by atoms with Gasteiger partial charge in [0.15, 0.2) is 0 Å². The first-order valence-corrected chi connectivity index (χ1v) is 5.44. The number of hydrogen-bond acceptors (Lipinski definition) is 3. The van der Waals surface area contributed by atoms with Crippen molar-refractivity contribution in [3.05, 3.63) is 0 Å². The van der Waals surface area contributed by atoms with E-state index in [1.165, 1.54) is 0 Å². The lowest BCUT2D eigenvalue weighted by Crippen LogP contribution is -2.61. The molecule has 4 nitrogen and oxygen atoms in total. The molecule has 4 rings (SSSR count). The molecule has 0 aromatic heterocycles. The molecule has 0 aromatic carbocycles. The van der Waals surface area contributed by atoms with Gasteiger partial charge in [0, 0.05) is 11.8 Å². The van der Waals surface area contributed by atoms with E-state index in [0.717, 1.165) is 0 Å². The molecule has 4 heteroatoms. The van der Waals surface area contributed by atoms with Gasteiger partial charge in [0.1, 0.15) is 5.78 Å². The molecular formula is C11H14O4. The minimum absolute atomic E-state index is 0.191. The monoisotopic (exact) mass is 210 g/mol. The van der Waals surface area contributed by atoms with E-state index >= 15 is 0 Å². The highest BCUT2D eigenvalue weighted by Crippen LogP contribution is 2.60. The summed E-state index contributed by atoms with van der Waals surface area (Å²) in [7, 11) is 0. The highest BCUT2D eigenvalue weighted by atomic mass is 16.4. The molecule has 0 aromatic rings. The first kappa shape index (κ1) is 9.33. The summed E-state index contributed by atoms with van der Waals surface area (Å²) in [6.07, 6.45) is 2.20. The third-order valence-electron chi connectivity index (χ3n) is 4.45. The zero-order valence-corrected chi connectivity index (χ0v) is 8.40. The molecule has 0 aliphatic heterocycles. The fourth-order valence-electron chi connectivity index (χ4n) is 4.08. The summed E-state index contributed by atoms with van der Waals surface area (Å²) in [6, 6.07) is 0. The van der Waals surface area contributed by atoms with Crippen molar-refractivity contribution >= 4 is 11.8 Å². The highest BCUT2D eigenvalue weighted by molar-refractivity contribution is 5.89. The van der Waals surface area contributed by atoms with Gasteiger partial charge in [-0.1, -0.05) is 0 Å². The van der Waals surface area contributed by atoms with E-state index in [1.54, 1.807) is 0 Å². The van der Waals surface area contributed by atoms with Gasteiger partial charge in [0.25, 0.3) is 0 Å². The summed E-state index contributed by atoms with van der Waals surface area (Å²) in [5, 5.41) is 19.5. The van der Waals surface area contributed by atoms with E-state index in [1.807, 2.05) is 0 Å². The van der Waals surface area contributed by atoms with E-state index in [4.69, 9.17) is 0 Å². The zero-order chi connectivity index (χ0) is 10.8. The van der Waals surface area contributed by atoms with Crippen molar-refractivity contribution < 1.29 is 19.8 Å². The first-order chi connectivity index (χ1) is 6.94. The fourth-order valence-corrected chi connectivity index (χ4v) is 4.08. The molecule has 0 heterocycles. The largest absolute Gasteiger partial charge is 0.481 e. The van der Waals surface area contributed by atoms with Crippen LogP contribution in [0.4, 0.5) is 0 Å². The van der Waals surface area contributed by atoms with E-state index < -0.39 is 17.0 Å². The van der Waals surface area contributed by atoms with Crippen molar-refractivity contribution in [1.82, 2.24) is 0 Å². The number of aliphatic carboxylic acids is 1. The molecule has 2 unspecified atom stereocenters. The van der Waals surface area contributed by atoms with Crippen LogP contribution in [0, 0.1) is 17.3 Å². The Morgan fingerprint density at radius 2 is 1.73 bits per heavy atom. The quantitative estimate of drug-likeness (QED) is 0.664. The molecular weight excluding hydrogens is 196 g/mol. The predicted octanol–water partition coefficient (Wildman–Crippen LogP) is 0.581.